The Bertz CT molecular complexity index is 580. The van der Waals surface area contributed by atoms with Crippen molar-refractivity contribution in [1.29, 1.82) is 0 Å². The molecule has 0 aromatic carbocycles. The maximum absolute atomic E-state index is 11.8. The van der Waals surface area contributed by atoms with Crippen LogP contribution in [0, 0.1) is 0 Å². The number of aliphatic carboxylic acids is 1. The van der Waals surface area contributed by atoms with Crippen molar-refractivity contribution >= 4 is 49.0 Å². The first-order valence-electron chi connectivity index (χ1n) is 5.16. The number of carboxylic acids is 1. The Morgan fingerprint density at radius 1 is 1.47 bits per heavy atom. The number of halogens is 1. The van der Waals surface area contributed by atoms with Crippen molar-refractivity contribution in [2.75, 3.05) is 12.0 Å². The van der Waals surface area contributed by atoms with E-state index in [0.717, 1.165) is 10.0 Å². The molecule has 0 spiro atoms. The number of nitrogens with one attached hydrogen (secondary N) is 1. The molecule has 1 aromatic rings. The quantitative estimate of drug-likeness (QED) is 0.782. The van der Waals surface area contributed by atoms with Gasteiger partial charge < -0.3 is 10.4 Å². The van der Waals surface area contributed by atoms with E-state index in [1.807, 2.05) is 0 Å². The predicted octanol–water partition coefficient (Wildman–Crippen LogP) is 1.13. The monoisotopic (exact) mass is 369 g/mol. The van der Waals surface area contributed by atoms with Crippen molar-refractivity contribution in [3.8, 4) is 0 Å². The van der Waals surface area contributed by atoms with Crippen LogP contribution < -0.4 is 5.32 Å². The number of carbonyl (C=O) groups excluding carboxylic acids is 1. The van der Waals surface area contributed by atoms with Gasteiger partial charge in [0.25, 0.3) is 5.91 Å². The van der Waals surface area contributed by atoms with Crippen LogP contribution in [0.4, 0.5) is 0 Å². The van der Waals surface area contributed by atoms with Gasteiger partial charge in [-0.2, -0.15) is 0 Å². The van der Waals surface area contributed by atoms with E-state index in [4.69, 9.17) is 5.11 Å². The molecule has 1 rings (SSSR count). The molecule has 6 nitrogen and oxygen atoms in total. The Labute approximate surface area is 122 Å². The van der Waals surface area contributed by atoms with Crippen molar-refractivity contribution in [2.24, 2.45) is 0 Å². The minimum atomic E-state index is -3.27. The molecule has 106 valence electrons. The molecule has 0 aliphatic carbocycles. The molecule has 1 amide bonds. The normalized spacial score (nSPS) is 12.9. The van der Waals surface area contributed by atoms with Crippen LogP contribution in [0.2, 0.25) is 0 Å². The minimum absolute atomic E-state index is 0.160. The van der Waals surface area contributed by atoms with Crippen LogP contribution in [-0.2, 0) is 14.6 Å². The van der Waals surface area contributed by atoms with Gasteiger partial charge in [0, 0.05) is 6.26 Å². The van der Waals surface area contributed by atoms with Crippen LogP contribution in [0.25, 0.3) is 0 Å². The molecule has 19 heavy (non-hydrogen) atoms. The lowest BCUT2D eigenvalue weighted by atomic mass is 10.2. The maximum atomic E-state index is 11.8. The van der Waals surface area contributed by atoms with Crippen LogP contribution in [0.15, 0.2) is 15.9 Å². The largest absolute Gasteiger partial charge is 0.480 e. The molecule has 2 N–H and O–H groups in total. The zero-order valence-electron chi connectivity index (χ0n) is 9.92. The fourth-order valence-electron chi connectivity index (χ4n) is 1.26. The Morgan fingerprint density at radius 3 is 2.53 bits per heavy atom. The minimum Gasteiger partial charge on any atom is -0.480 e. The van der Waals surface area contributed by atoms with Crippen LogP contribution in [-0.4, -0.2) is 43.5 Å². The van der Waals surface area contributed by atoms with Gasteiger partial charge in [-0.15, -0.1) is 11.3 Å². The van der Waals surface area contributed by atoms with Crippen LogP contribution in [0.1, 0.15) is 16.1 Å². The van der Waals surface area contributed by atoms with E-state index in [1.165, 1.54) is 11.3 Å². The number of carbonyl (C=O) groups is 2. The summed E-state index contributed by atoms with van der Waals surface area (Å²) >= 11 is 4.36. The van der Waals surface area contributed by atoms with Gasteiger partial charge in [0.1, 0.15) is 15.9 Å². The number of thiophene rings is 1. The smallest absolute Gasteiger partial charge is 0.326 e. The molecule has 0 aliphatic heterocycles. The second-order valence-corrected chi connectivity index (χ2v) is 8.61. The van der Waals surface area contributed by atoms with E-state index in [-0.39, 0.29) is 12.2 Å². The van der Waals surface area contributed by atoms with Gasteiger partial charge in [-0.1, -0.05) is 0 Å². The highest BCUT2D eigenvalue weighted by Crippen LogP contribution is 2.22. The summed E-state index contributed by atoms with van der Waals surface area (Å²) in [5.41, 5.74) is 0. The second-order valence-electron chi connectivity index (χ2n) is 3.89. The third-order valence-electron chi connectivity index (χ3n) is 2.18. The van der Waals surface area contributed by atoms with E-state index >= 15 is 0 Å². The summed E-state index contributed by atoms with van der Waals surface area (Å²) in [5, 5.41) is 11.3. The molecular weight excluding hydrogens is 358 g/mol. The highest BCUT2D eigenvalue weighted by Gasteiger charge is 2.22. The summed E-state index contributed by atoms with van der Waals surface area (Å²) in [4.78, 5) is 23.1. The SMILES string of the molecule is CS(=O)(=O)CCC(NC(=O)c1ccc(Br)s1)C(=O)O. The third kappa shape index (κ3) is 5.70. The summed E-state index contributed by atoms with van der Waals surface area (Å²) in [6.45, 7) is 0. The lowest BCUT2D eigenvalue weighted by molar-refractivity contribution is -0.139. The Kier molecular flexibility index (Phi) is 5.50. The highest BCUT2D eigenvalue weighted by molar-refractivity contribution is 9.11. The molecule has 0 radical (unpaired) electrons. The van der Waals surface area contributed by atoms with E-state index in [2.05, 4.69) is 21.2 Å². The van der Waals surface area contributed by atoms with Crippen molar-refractivity contribution < 1.29 is 23.1 Å². The molecule has 0 aliphatic rings. The Hall–Kier alpha value is -0.930. The number of hydrogen-bond donors (Lipinski definition) is 2. The van der Waals surface area contributed by atoms with Gasteiger partial charge >= 0.3 is 5.97 Å². The van der Waals surface area contributed by atoms with Crippen LogP contribution in [0.3, 0.4) is 0 Å². The van der Waals surface area contributed by atoms with Crippen molar-refractivity contribution in [3.05, 3.63) is 20.8 Å². The van der Waals surface area contributed by atoms with Gasteiger partial charge in [0.2, 0.25) is 0 Å². The molecule has 0 saturated heterocycles. The van der Waals surface area contributed by atoms with Crippen molar-refractivity contribution in [1.82, 2.24) is 5.32 Å². The molecule has 1 aromatic heterocycles. The zero-order chi connectivity index (χ0) is 14.6. The lowest BCUT2D eigenvalue weighted by Gasteiger charge is -2.13. The van der Waals surface area contributed by atoms with Gasteiger partial charge in [0.15, 0.2) is 0 Å². The standard InChI is InChI=1S/C10H12BrNO5S2/c1-19(16,17)5-4-6(10(14)15)12-9(13)7-2-3-8(11)18-7/h2-3,6H,4-5H2,1H3,(H,12,13)(H,14,15). The van der Waals surface area contributed by atoms with Gasteiger partial charge in [0.05, 0.1) is 14.4 Å². The van der Waals surface area contributed by atoms with Crippen molar-refractivity contribution in [3.63, 3.8) is 0 Å². The second kappa shape index (κ2) is 6.49. The maximum Gasteiger partial charge on any atom is 0.326 e. The van der Waals surface area contributed by atoms with Gasteiger partial charge in [-0.05, 0) is 34.5 Å². The topological polar surface area (TPSA) is 101 Å². The molecular formula is C10H12BrNO5S2. The third-order valence-corrected chi connectivity index (χ3v) is 4.78. The van der Waals surface area contributed by atoms with E-state index in [1.54, 1.807) is 12.1 Å². The Balaban J connectivity index is 2.68. The summed E-state index contributed by atoms with van der Waals surface area (Å²) in [5.74, 6) is -2.08. The van der Waals surface area contributed by atoms with Gasteiger partial charge in [-0.25, -0.2) is 13.2 Å². The zero-order valence-corrected chi connectivity index (χ0v) is 13.1. The Morgan fingerprint density at radius 2 is 2.11 bits per heavy atom. The average Bonchev–Trinajstić information content (AvgIpc) is 2.69. The molecule has 1 heterocycles. The summed E-state index contributed by atoms with van der Waals surface area (Å²) in [6.07, 6.45) is 0.858. The summed E-state index contributed by atoms with van der Waals surface area (Å²) in [6, 6.07) is 2.01. The first-order valence-corrected chi connectivity index (χ1v) is 8.83. The number of amides is 1. The first-order chi connectivity index (χ1) is 8.69. The first kappa shape index (κ1) is 16.1. The summed E-state index contributed by atoms with van der Waals surface area (Å²) in [7, 11) is -3.27. The predicted molar refractivity (Wildman–Crippen MR) is 75.2 cm³/mol. The molecule has 0 fully saturated rings. The van der Waals surface area contributed by atoms with E-state index in [9.17, 15) is 18.0 Å². The number of rotatable bonds is 6. The fraction of sp³-hybridized carbons (Fsp3) is 0.400. The highest BCUT2D eigenvalue weighted by atomic mass is 79.9. The van der Waals surface area contributed by atoms with Crippen LogP contribution >= 0.6 is 27.3 Å². The molecule has 1 atom stereocenters. The van der Waals surface area contributed by atoms with Gasteiger partial charge in [-0.3, -0.25) is 4.79 Å². The van der Waals surface area contributed by atoms with E-state index < -0.39 is 27.8 Å². The molecule has 0 bridgehead atoms. The molecule has 9 heteroatoms. The molecule has 1 unspecified atom stereocenters. The van der Waals surface area contributed by atoms with E-state index in [0.29, 0.717) is 4.88 Å². The van der Waals surface area contributed by atoms with Crippen molar-refractivity contribution in [2.45, 2.75) is 12.5 Å². The van der Waals surface area contributed by atoms with Crippen LogP contribution in [0.5, 0.6) is 0 Å². The number of sulfone groups is 1. The average molecular weight is 370 g/mol. The number of carboxylic acid groups (broad SMARTS) is 1. The summed E-state index contributed by atoms with van der Waals surface area (Å²) < 4.78 is 22.8. The fourth-order valence-corrected chi connectivity index (χ4v) is 3.21. The molecule has 0 saturated carbocycles. The lowest BCUT2D eigenvalue weighted by Crippen LogP contribution is -2.41. The number of hydrogen-bond acceptors (Lipinski definition) is 5.